The van der Waals surface area contributed by atoms with E-state index in [9.17, 15) is 9.90 Å². The van der Waals surface area contributed by atoms with Crippen molar-refractivity contribution in [2.75, 3.05) is 7.11 Å². The number of aromatic hydroxyl groups is 1. The number of imidazole rings is 1. The van der Waals surface area contributed by atoms with Crippen LogP contribution in [0.25, 0.3) is 5.69 Å². The highest BCUT2D eigenvalue weighted by atomic mass is 16.5. The lowest BCUT2D eigenvalue weighted by atomic mass is 10.1. The molecule has 0 saturated heterocycles. The van der Waals surface area contributed by atoms with Crippen molar-refractivity contribution in [3.8, 4) is 11.4 Å². The third kappa shape index (κ3) is 2.44. The summed E-state index contributed by atoms with van der Waals surface area (Å²) in [4.78, 5) is 15.0. The van der Waals surface area contributed by atoms with Crippen molar-refractivity contribution >= 4 is 5.97 Å². The van der Waals surface area contributed by atoms with Gasteiger partial charge in [0.25, 0.3) is 0 Å². The van der Waals surface area contributed by atoms with E-state index in [0.717, 1.165) is 5.69 Å². The predicted octanol–water partition coefficient (Wildman–Crippen LogP) is 1.29. The van der Waals surface area contributed by atoms with Crippen molar-refractivity contribution in [2.45, 2.75) is 6.42 Å². The lowest BCUT2D eigenvalue weighted by Gasteiger charge is -2.07. The van der Waals surface area contributed by atoms with Gasteiger partial charge in [0.2, 0.25) is 0 Å². The van der Waals surface area contributed by atoms with Crippen LogP contribution in [0.4, 0.5) is 0 Å². The van der Waals surface area contributed by atoms with Gasteiger partial charge in [-0.1, -0.05) is 6.07 Å². The van der Waals surface area contributed by atoms with Gasteiger partial charge in [-0.2, -0.15) is 0 Å². The Hall–Kier alpha value is -2.30. The number of methoxy groups -OCH3 is 1. The Balaban J connectivity index is 2.26. The molecule has 88 valence electrons. The molecule has 1 aromatic carbocycles. The van der Waals surface area contributed by atoms with Gasteiger partial charge in [-0.3, -0.25) is 4.79 Å². The summed E-state index contributed by atoms with van der Waals surface area (Å²) in [6, 6.07) is 5.08. The van der Waals surface area contributed by atoms with Crippen LogP contribution in [0.1, 0.15) is 5.56 Å². The molecule has 0 atom stereocenters. The fraction of sp³-hybridized carbons (Fsp3) is 0.167. The van der Waals surface area contributed by atoms with Crippen LogP contribution >= 0.6 is 0 Å². The van der Waals surface area contributed by atoms with Gasteiger partial charge in [0.15, 0.2) is 0 Å². The zero-order chi connectivity index (χ0) is 12.3. The second-order valence-corrected chi connectivity index (χ2v) is 3.54. The maximum Gasteiger partial charge on any atom is 0.310 e. The van der Waals surface area contributed by atoms with Gasteiger partial charge in [-0.05, 0) is 6.07 Å². The first kappa shape index (κ1) is 11.2. The standard InChI is InChI=1S/C12H12N2O3/c1-17-12(16)6-9-2-3-10(7-11(9)15)14-5-4-13-8-14/h2-5,7-8,15H,6H2,1H3. The van der Waals surface area contributed by atoms with Gasteiger partial charge in [-0.15, -0.1) is 0 Å². The number of phenols is 1. The monoisotopic (exact) mass is 232 g/mol. The molecule has 0 spiro atoms. The molecule has 0 unspecified atom stereocenters. The van der Waals surface area contributed by atoms with E-state index in [2.05, 4.69) is 9.72 Å². The lowest BCUT2D eigenvalue weighted by Crippen LogP contribution is -2.04. The Morgan fingerprint density at radius 2 is 2.35 bits per heavy atom. The zero-order valence-electron chi connectivity index (χ0n) is 9.33. The van der Waals surface area contributed by atoms with Crippen molar-refractivity contribution in [3.05, 3.63) is 42.5 Å². The molecule has 17 heavy (non-hydrogen) atoms. The highest BCUT2D eigenvalue weighted by Crippen LogP contribution is 2.21. The average molecular weight is 232 g/mol. The van der Waals surface area contributed by atoms with Gasteiger partial charge < -0.3 is 14.4 Å². The Kier molecular flexibility index (Phi) is 3.09. The summed E-state index contributed by atoms with van der Waals surface area (Å²) in [5.74, 6) is -0.308. The molecule has 1 heterocycles. The van der Waals surface area contributed by atoms with Crippen molar-refractivity contribution in [3.63, 3.8) is 0 Å². The Bertz CT molecular complexity index is 521. The number of hydrogen-bond donors (Lipinski definition) is 1. The van der Waals surface area contributed by atoms with Crippen LogP contribution in [0.2, 0.25) is 0 Å². The fourth-order valence-corrected chi connectivity index (χ4v) is 1.50. The quantitative estimate of drug-likeness (QED) is 0.810. The molecule has 0 amide bonds. The van der Waals surface area contributed by atoms with Crippen LogP contribution < -0.4 is 0 Å². The van der Waals surface area contributed by atoms with Crippen molar-refractivity contribution < 1.29 is 14.6 Å². The number of nitrogens with zero attached hydrogens (tertiary/aromatic N) is 2. The number of hydrogen-bond acceptors (Lipinski definition) is 4. The Labute approximate surface area is 98.3 Å². The summed E-state index contributed by atoms with van der Waals surface area (Å²) in [7, 11) is 1.32. The van der Waals surface area contributed by atoms with Gasteiger partial charge in [0.05, 0.1) is 25.5 Å². The number of esters is 1. The fourth-order valence-electron chi connectivity index (χ4n) is 1.50. The number of carbonyl (C=O) groups excluding carboxylic acids is 1. The third-order valence-corrected chi connectivity index (χ3v) is 2.43. The summed E-state index contributed by atoms with van der Waals surface area (Å²) in [6.07, 6.45) is 5.12. The summed E-state index contributed by atoms with van der Waals surface area (Å²) in [6.45, 7) is 0. The minimum Gasteiger partial charge on any atom is -0.508 e. The number of carbonyl (C=O) groups is 1. The average Bonchev–Trinajstić information content (AvgIpc) is 2.85. The molecule has 0 fully saturated rings. The Morgan fingerprint density at radius 3 is 2.94 bits per heavy atom. The zero-order valence-corrected chi connectivity index (χ0v) is 9.33. The van der Waals surface area contributed by atoms with Gasteiger partial charge >= 0.3 is 5.97 Å². The second kappa shape index (κ2) is 4.69. The molecular weight excluding hydrogens is 220 g/mol. The highest BCUT2D eigenvalue weighted by Gasteiger charge is 2.08. The molecule has 5 heteroatoms. The molecule has 0 aliphatic heterocycles. The number of rotatable bonds is 3. The topological polar surface area (TPSA) is 64.4 Å². The molecule has 1 N–H and O–H groups in total. The minimum absolute atomic E-state index is 0.0620. The van der Waals surface area contributed by atoms with Crippen LogP contribution in [-0.2, 0) is 16.0 Å². The summed E-state index contributed by atoms with van der Waals surface area (Å²) in [5.41, 5.74) is 1.33. The first-order valence-corrected chi connectivity index (χ1v) is 5.07. The van der Waals surface area contributed by atoms with E-state index in [1.807, 2.05) is 0 Å². The maximum absolute atomic E-state index is 11.1. The van der Waals surface area contributed by atoms with Gasteiger partial charge in [0.1, 0.15) is 5.75 Å². The van der Waals surface area contributed by atoms with Crippen LogP contribution in [0.15, 0.2) is 36.9 Å². The van der Waals surface area contributed by atoms with E-state index < -0.39 is 0 Å². The smallest absolute Gasteiger partial charge is 0.310 e. The molecule has 0 radical (unpaired) electrons. The third-order valence-electron chi connectivity index (χ3n) is 2.43. The van der Waals surface area contributed by atoms with E-state index >= 15 is 0 Å². The van der Waals surface area contributed by atoms with Crippen LogP contribution in [-0.4, -0.2) is 27.7 Å². The van der Waals surface area contributed by atoms with Gasteiger partial charge in [0, 0.05) is 24.0 Å². The first-order valence-electron chi connectivity index (χ1n) is 5.07. The number of ether oxygens (including phenoxy) is 1. The van der Waals surface area contributed by atoms with Crippen molar-refractivity contribution in [1.82, 2.24) is 9.55 Å². The molecular formula is C12H12N2O3. The normalized spacial score (nSPS) is 10.2. The van der Waals surface area contributed by atoms with Crippen LogP contribution in [0.3, 0.4) is 0 Å². The highest BCUT2D eigenvalue weighted by molar-refractivity contribution is 5.73. The van der Waals surface area contributed by atoms with E-state index in [4.69, 9.17) is 0 Å². The predicted molar refractivity (Wildman–Crippen MR) is 60.9 cm³/mol. The maximum atomic E-state index is 11.1. The largest absolute Gasteiger partial charge is 0.508 e. The molecule has 1 aromatic heterocycles. The van der Waals surface area contributed by atoms with Crippen LogP contribution in [0, 0.1) is 0 Å². The molecule has 5 nitrogen and oxygen atoms in total. The van der Waals surface area contributed by atoms with Crippen molar-refractivity contribution in [1.29, 1.82) is 0 Å². The number of benzene rings is 1. The lowest BCUT2D eigenvalue weighted by molar-refractivity contribution is -0.139. The van der Waals surface area contributed by atoms with Crippen LogP contribution in [0.5, 0.6) is 5.75 Å². The Morgan fingerprint density at radius 1 is 1.53 bits per heavy atom. The SMILES string of the molecule is COC(=O)Cc1ccc(-n2ccnc2)cc1O. The molecule has 0 saturated carbocycles. The van der Waals surface area contributed by atoms with Gasteiger partial charge in [-0.25, -0.2) is 4.98 Å². The van der Waals surface area contributed by atoms with E-state index in [1.165, 1.54) is 7.11 Å². The first-order chi connectivity index (χ1) is 8.20. The molecule has 0 aliphatic rings. The molecule has 0 aliphatic carbocycles. The number of phenolic OH excluding ortho intramolecular Hbond substituents is 1. The van der Waals surface area contributed by atoms with Crippen molar-refractivity contribution in [2.24, 2.45) is 0 Å². The molecule has 2 rings (SSSR count). The minimum atomic E-state index is -0.379. The summed E-state index contributed by atoms with van der Waals surface area (Å²) >= 11 is 0. The van der Waals surface area contributed by atoms with E-state index in [1.54, 1.807) is 41.5 Å². The molecule has 0 bridgehead atoms. The second-order valence-electron chi connectivity index (χ2n) is 3.54. The van der Waals surface area contributed by atoms with E-state index in [0.29, 0.717) is 5.56 Å². The van der Waals surface area contributed by atoms with E-state index in [-0.39, 0.29) is 18.1 Å². The number of aromatic nitrogens is 2. The summed E-state index contributed by atoms with van der Waals surface area (Å²) < 4.78 is 6.31. The summed E-state index contributed by atoms with van der Waals surface area (Å²) in [5, 5.41) is 9.79. The molecule has 2 aromatic rings.